The van der Waals surface area contributed by atoms with Gasteiger partial charge in [-0.15, -0.1) is 11.3 Å². The van der Waals surface area contributed by atoms with E-state index in [4.69, 9.17) is 0 Å². The summed E-state index contributed by atoms with van der Waals surface area (Å²) in [5.41, 5.74) is 2.29. The summed E-state index contributed by atoms with van der Waals surface area (Å²) in [4.78, 5) is 5.79. The molecule has 0 radical (unpaired) electrons. The second-order valence-electron chi connectivity index (χ2n) is 4.06. The number of aryl methyl sites for hydroxylation is 2. The Morgan fingerprint density at radius 1 is 1.24 bits per heavy atom. The Balaban J connectivity index is 2.14. The smallest absolute Gasteiger partial charge is 0.0900 e. The largest absolute Gasteiger partial charge is 0.378 e. The van der Waals surface area contributed by atoms with Crippen molar-refractivity contribution in [1.29, 1.82) is 0 Å². The minimum absolute atomic E-state index is 0.307. The first-order valence-corrected chi connectivity index (χ1v) is 7.42. The number of nitrogens with one attached hydrogen (secondary N) is 1. The Bertz CT molecular complexity index is 505. The van der Waals surface area contributed by atoms with Crippen molar-refractivity contribution in [2.75, 3.05) is 5.32 Å². The van der Waals surface area contributed by atoms with E-state index in [1.807, 2.05) is 0 Å². The van der Waals surface area contributed by atoms with Crippen LogP contribution in [0.4, 0.5) is 5.69 Å². The number of benzene rings is 1. The Labute approximate surface area is 120 Å². The lowest BCUT2D eigenvalue weighted by Gasteiger charge is -2.14. The summed E-state index contributed by atoms with van der Waals surface area (Å²) in [5.74, 6) is 0. The van der Waals surface area contributed by atoms with Gasteiger partial charge in [0.05, 0.1) is 16.7 Å². The molecule has 4 heteroatoms. The number of hydrogen-bond acceptors (Lipinski definition) is 3. The molecule has 1 aromatic carbocycles. The number of anilines is 1. The zero-order valence-electron chi connectivity index (χ0n) is 10.1. The highest BCUT2D eigenvalue weighted by atomic mass is 127. The first-order valence-electron chi connectivity index (χ1n) is 5.52. The van der Waals surface area contributed by atoms with Crippen molar-refractivity contribution >= 4 is 39.6 Å². The van der Waals surface area contributed by atoms with E-state index >= 15 is 0 Å². The molecule has 1 heterocycles. The van der Waals surface area contributed by atoms with Crippen LogP contribution in [0, 0.1) is 17.4 Å². The van der Waals surface area contributed by atoms with Crippen molar-refractivity contribution in [1.82, 2.24) is 4.98 Å². The second kappa shape index (κ2) is 5.35. The summed E-state index contributed by atoms with van der Waals surface area (Å²) in [6.45, 7) is 6.31. The van der Waals surface area contributed by atoms with Gasteiger partial charge in [-0.2, -0.15) is 0 Å². The van der Waals surface area contributed by atoms with Crippen LogP contribution in [-0.2, 0) is 0 Å². The predicted octanol–water partition coefficient (Wildman–Crippen LogP) is 4.54. The van der Waals surface area contributed by atoms with Gasteiger partial charge in [0.2, 0.25) is 0 Å². The number of thiazole rings is 1. The fourth-order valence-corrected chi connectivity index (χ4v) is 3.10. The van der Waals surface area contributed by atoms with Crippen LogP contribution in [0.5, 0.6) is 0 Å². The molecule has 2 rings (SSSR count). The van der Waals surface area contributed by atoms with Crippen LogP contribution in [-0.4, -0.2) is 4.98 Å². The molecule has 1 unspecified atom stereocenters. The van der Waals surface area contributed by atoms with Crippen molar-refractivity contribution in [2.24, 2.45) is 0 Å². The maximum absolute atomic E-state index is 4.47. The van der Waals surface area contributed by atoms with Crippen LogP contribution in [0.1, 0.15) is 28.5 Å². The number of hydrogen-bond donors (Lipinski definition) is 1. The van der Waals surface area contributed by atoms with E-state index < -0.39 is 0 Å². The molecule has 2 aromatic rings. The van der Waals surface area contributed by atoms with Gasteiger partial charge in [-0.25, -0.2) is 4.98 Å². The molecule has 1 aromatic heterocycles. The maximum Gasteiger partial charge on any atom is 0.0900 e. The molecule has 0 fully saturated rings. The molecule has 0 spiro atoms. The van der Waals surface area contributed by atoms with Crippen molar-refractivity contribution in [2.45, 2.75) is 26.8 Å². The van der Waals surface area contributed by atoms with Crippen molar-refractivity contribution in [3.63, 3.8) is 0 Å². The third-order valence-electron chi connectivity index (χ3n) is 2.56. The Hall–Kier alpha value is -0.620. The molecule has 0 saturated heterocycles. The fraction of sp³-hybridized carbons (Fsp3) is 0.308. The van der Waals surface area contributed by atoms with Gasteiger partial charge in [0, 0.05) is 14.1 Å². The van der Waals surface area contributed by atoms with Gasteiger partial charge >= 0.3 is 0 Å². The van der Waals surface area contributed by atoms with Gasteiger partial charge in [-0.1, -0.05) is 0 Å². The molecule has 0 aliphatic heterocycles. The van der Waals surface area contributed by atoms with E-state index in [1.165, 1.54) is 8.45 Å². The van der Waals surface area contributed by atoms with E-state index in [1.54, 1.807) is 11.3 Å². The van der Waals surface area contributed by atoms with Crippen molar-refractivity contribution in [3.05, 3.63) is 43.4 Å². The average Bonchev–Trinajstić information content (AvgIpc) is 2.61. The van der Waals surface area contributed by atoms with E-state index in [-0.39, 0.29) is 0 Å². The molecule has 1 N–H and O–H groups in total. The molecular formula is C13H15IN2S. The summed E-state index contributed by atoms with van der Waals surface area (Å²) in [6.07, 6.45) is 0. The van der Waals surface area contributed by atoms with E-state index in [9.17, 15) is 0 Å². The van der Waals surface area contributed by atoms with Crippen molar-refractivity contribution < 1.29 is 0 Å². The van der Waals surface area contributed by atoms with Crippen LogP contribution in [0.2, 0.25) is 0 Å². The summed E-state index contributed by atoms with van der Waals surface area (Å²) >= 11 is 4.08. The highest BCUT2D eigenvalue weighted by Crippen LogP contribution is 2.27. The van der Waals surface area contributed by atoms with Crippen LogP contribution in [0.3, 0.4) is 0 Å². The summed E-state index contributed by atoms with van der Waals surface area (Å²) in [6, 6.07) is 8.75. The van der Waals surface area contributed by atoms with E-state index in [0.29, 0.717) is 6.04 Å². The lowest BCUT2D eigenvalue weighted by molar-refractivity contribution is 0.890. The van der Waals surface area contributed by atoms with Crippen LogP contribution < -0.4 is 5.32 Å². The lowest BCUT2D eigenvalue weighted by atomic mass is 10.2. The molecule has 17 heavy (non-hydrogen) atoms. The minimum atomic E-state index is 0.307. The third-order valence-corrected chi connectivity index (χ3v) is 4.53. The van der Waals surface area contributed by atoms with Crippen LogP contribution in [0.15, 0.2) is 24.3 Å². The van der Waals surface area contributed by atoms with Crippen LogP contribution >= 0.6 is 33.9 Å². The zero-order valence-corrected chi connectivity index (χ0v) is 13.1. The van der Waals surface area contributed by atoms with Gasteiger partial charge in [0.15, 0.2) is 0 Å². The molecule has 2 nitrogen and oxygen atoms in total. The Morgan fingerprint density at radius 3 is 2.41 bits per heavy atom. The average molecular weight is 358 g/mol. The van der Waals surface area contributed by atoms with Crippen LogP contribution in [0.25, 0.3) is 0 Å². The van der Waals surface area contributed by atoms with Gasteiger partial charge in [0.1, 0.15) is 0 Å². The number of aromatic nitrogens is 1. The van der Waals surface area contributed by atoms with E-state index in [2.05, 4.69) is 77.9 Å². The predicted molar refractivity (Wildman–Crippen MR) is 82.8 cm³/mol. The van der Waals surface area contributed by atoms with E-state index in [0.717, 1.165) is 16.4 Å². The lowest BCUT2D eigenvalue weighted by Crippen LogP contribution is -2.06. The molecule has 90 valence electrons. The molecule has 1 atom stereocenters. The summed E-state index contributed by atoms with van der Waals surface area (Å²) in [5, 5.41) is 4.64. The highest BCUT2D eigenvalue weighted by Gasteiger charge is 2.12. The fourth-order valence-electron chi connectivity index (χ4n) is 1.81. The van der Waals surface area contributed by atoms with Gasteiger partial charge < -0.3 is 5.32 Å². The summed E-state index contributed by atoms with van der Waals surface area (Å²) in [7, 11) is 0. The quantitative estimate of drug-likeness (QED) is 0.815. The standard InChI is InChI=1S/C13H15IN2S/c1-8-13(17-10(3)15-8)9(2)16-12-6-4-11(14)5-7-12/h4-7,9,16H,1-3H3. The first-order chi connectivity index (χ1) is 8.06. The molecule has 0 amide bonds. The summed E-state index contributed by atoms with van der Waals surface area (Å²) < 4.78 is 1.26. The number of rotatable bonds is 3. The molecule has 0 saturated carbocycles. The number of halogens is 1. The van der Waals surface area contributed by atoms with Gasteiger partial charge in [-0.05, 0) is 67.6 Å². The first kappa shape index (κ1) is 12.8. The number of nitrogens with zero attached hydrogens (tertiary/aromatic N) is 1. The SMILES string of the molecule is Cc1nc(C)c(C(C)Nc2ccc(I)cc2)s1. The Morgan fingerprint density at radius 2 is 1.88 bits per heavy atom. The molecule has 0 bridgehead atoms. The normalized spacial score (nSPS) is 12.5. The zero-order chi connectivity index (χ0) is 12.4. The van der Waals surface area contributed by atoms with Gasteiger partial charge in [0.25, 0.3) is 0 Å². The molecular weight excluding hydrogens is 343 g/mol. The second-order valence-corrected chi connectivity index (χ2v) is 6.54. The third kappa shape index (κ3) is 3.19. The molecule has 0 aliphatic carbocycles. The monoisotopic (exact) mass is 358 g/mol. The topological polar surface area (TPSA) is 24.9 Å². The van der Waals surface area contributed by atoms with Crippen molar-refractivity contribution in [3.8, 4) is 0 Å². The Kier molecular flexibility index (Phi) is 4.04. The highest BCUT2D eigenvalue weighted by molar-refractivity contribution is 14.1. The molecule has 0 aliphatic rings. The minimum Gasteiger partial charge on any atom is -0.378 e. The maximum atomic E-state index is 4.47. The van der Waals surface area contributed by atoms with Gasteiger partial charge in [-0.3, -0.25) is 0 Å².